The molecule has 0 saturated carbocycles. The molecule has 10 heteroatoms. The number of aliphatic imine (C=N–C) groups is 1. The normalized spacial score (nSPS) is 14.6. The SMILES string of the molecule is CN=C(NCc1ccnc(-n2cccn2)c1)NC1CN(C(=O)OC(C)(C)C)C1.I. The van der Waals surface area contributed by atoms with E-state index < -0.39 is 5.60 Å². The molecule has 0 aliphatic carbocycles. The second-order valence-electron chi connectivity index (χ2n) is 7.63. The number of nitrogens with zero attached hydrogens (tertiary/aromatic N) is 5. The van der Waals surface area contributed by atoms with Gasteiger partial charge in [-0.05, 0) is 44.5 Å². The van der Waals surface area contributed by atoms with Crippen LogP contribution in [0.15, 0.2) is 41.8 Å². The maximum absolute atomic E-state index is 12.0. The number of guanidine groups is 1. The lowest BCUT2D eigenvalue weighted by atomic mass is 10.1. The Morgan fingerprint density at radius 3 is 2.72 bits per heavy atom. The number of hydrogen-bond acceptors (Lipinski definition) is 5. The number of carbonyl (C=O) groups excluding carboxylic acids is 1. The summed E-state index contributed by atoms with van der Waals surface area (Å²) >= 11 is 0. The Labute approximate surface area is 187 Å². The standard InChI is InChI=1S/C19H27N7O2.HI/c1-19(2,3)28-18(27)25-12-15(13-25)24-17(20-4)22-11-14-6-8-21-16(10-14)26-9-5-7-23-26;/h5-10,15H,11-13H2,1-4H3,(H2,20,22,24);1H. The van der Waals surface area contributed by atoms with Crippen molar-refractivity contribution in [3.05, 3.63) is 42.4 Å². The van der Waals surface area contributed by atoms with Crippen LogP contribution >= 0.6 is 24.0 Å². The molecule has 1 saturated heterocycles. The average molecular weight is 513 g/mol. The molecule has 2 aromatic heterocycles. The van der Waals surface area contributed by atoms with E-state index in [1.807, 2.05) is 45.2 Å². The third kappa shape index (κ3) is 6.58. The van der Waals surface area contributed by atoms with E-state index >= 15 is 0 Å². The molecule has 1 aliphatic heterocycles. The van der Waals surface area contributed by atoms with Crippen molar-refractivity contribution in [2.75, 3.05) is 20.1 Å². The zero-order chi connectivity index (χ0) is 20.1. The highest BCUT2D eigenvalue weighted by Crippen LogP contribution is 2.15. The lowest BCUT2D eigenvalue weighted by Gasteiger charge is -2.40. The first-order chi connectivity index (χ1) is 13.3. The van der Waals surface area contributed by atoms with Crippen molar-refractivity contribution < 1.29 is 9.53 Å². The summed E-state index contributed by atoms with van der Waals surface area (Å²) in [6.45, 7) is 7.37. The smallest absolute Gasteiger partial charge is 0.410 e. The summed E-state index contributed by atoms with van der Waals surface area (Å²) in [4.78, 5) is 22.3. The van der Waals surface area contributed by atoms with E-state index in [2.05, 4.69) is 25.7 Å². The molecule has 2 N–H and O–H groups in total. The summed E-state index contributed by atoms with van der Waals surface area (Å²) in [5, 5.41) is 10.8. The van der Waals surface area contributed by atoms with Crippen molar-refractivity contribution >= 4 is 36.0 Å². The number of hydrogen-bond donors (Lipinski definition) is 2. The van der Waals surface area contributed by atoms with Gasteiger partial charge in [-0.3, -0.25) is 4.99 Å². The van der Waals surface area contributed by atoms with Crippen LogP contribution in [0.5, 0.6) is 0 Å². The Bertz CT molecular complexity index is 827. The highest BCUT2D eigenvalue weighted by molar-refractivity contribution is 14.0. The number of ether oxygens (including phenoxy) is 1. The molecule has 0 atom stereocenters. The van der Waals surface area contributed by atoms with E-state index in [1.54, 1.807) is 29.0 Å². The van der Waals surface area contributed by atoms with E-state index in [-0.39, 0.29) is 36.1 Å². The minimum absolute atomic E-state index is 0. The Kier molecular flexibility index (Phi) is 7.82. The lowest BCUT2D eigenvalue weighted by molar-refractivity contribution is 0.00701. The van der Waals surface area contributed by atoms with Crippen molar-refractivity contribution in [2.24, 2.45) is 4.99 Å². The number of carbonyl (C=O) groups is 1. The van der Waals surface area contributed by atoms with Crippen LogP contribution < -0.4 is 10.6 Å². The van der Waals surface area contributed by atoms with E-state index in [4.69, 9.17) is 4.74 Å². The van der Waals surface area contributed by atoms with Crippen LogP contribution in [0.2, 0.25) is 0 Å². The maximum Gasteiger partial charge on any atom is 0.410 e. The molecule has 29 heavy (non-hydrogen) atoms. The fourth-order valence-electron chi connectivity index (χ4n) is 2.72. The summed E-state index contributed by atoms with van der Waals surface area (Å²) < 4.78 is 7.09. The number of amides is 1. The molecule has 3 heterocycles. The number of likely N-dealkylation sites (tertiary alicyclic amines) is 1. The van der Waals surface area contributed by atoms with Gasteiger partial charge in [-0.25, -0.2) is 14.5 Å². The zero-order valence-electron chi connectivity index (χ0n) is 17.1. The molecule has 0 aromatic carbocycles. The quantitative estimate of drug-likeness (QED) is 0.370. The summed E-state index contributed by atoms with van der Waals surface area (Å²) in [5.41, 5.74) is 0.583. The van der Waals surface area contributed by atoms with Crippen molar-refractivity contribution in [1.82, 2.24) is 30.3 Å². The second-order valence-corrected chi connectivity index (χ2v) is 7.63. The number of nitrogens with one attached hydrogen (secondary N) is 2. The minimum Gasteiger partial charge on any atom is -0.444 e. The molecular formula is C19H28IN7O2. The molecule has 0 bridgehead atoms. The Hall–Kier alpha value is -2.37. The summed E-state index contributed by atoms with van der Waals surface area (Å²) in [7, 11) is 1.72. The van der Waals surface area contributed by atoms with Crippen LogP contribution in [0.25, 0.3) is 5.82 Å². The van der Waals surface area contributed by atoms with Crippen LogP contribution in [0.1, 0.15) is 26.3 Å². The van der Waals surface area contributed by atoms with Crippen LogP contribution in [-0.4, -0.2) is 63.5 Å². The van der Waals surface area contributed by atoms with Crippen LogP contribution in [-0.2, 0) is 11.3 Å². The van der Waals surface area contributed by atoms with Gasteiger partial charge >= 0.3 is 6.09 Å². The van der Waals surface area contributed by atoms with Gasteiger partial charge in [-0.2, -0.15) is 5.10 Å². The van der Waals surface area contributed by atoms with E-state index in [0.717, 1.165) is 11.4 Å². The zero-order valence-corrected chi connectivity index (χ0v) is 19.5. The fourth-order valence-corrected chi connectivity index (χ4v) is 2.72. The van der Waals surface area contributed by atoms with Gasteiger partial charge in [0.15, 0.2) is 11.8 Å². The molecule has 0 spiro atoms. The Morgan fingerprint density at radius 2 is 2.10 bits per heavy atom. The molecule has 1 fully saturated rings. The van der Waals surface area contributed by atoms with Gasteiger partial charge in [0, 0.05) is 45.3 Å². The van der Waals surface area contributed by atoms with Gasteiger partial charge in [0.2, 0.25) is 0 Å². The Balaban J connectivity index is 0.00000300. The van der Waals surface area contributed by atoms with Crippen molar-refractivity contribution in [3.8, 4) is 5.82 Å². The van der Waals surface area contributed by atoms with Crippen molar-refractivity contribution in [2.45, 2.75) is 39.0 Å². The van der Waals surface area contributed by atoms with Gasteiger partial charge in [-0.15, -0.1) is 24.0 Å². The van der Waals surface area contributed by atoms with E-state index in [1.165, 1.54) is 0 Å². The third-order valence-electron chi connectivity index (χ3n) is 4.11. The molecule has 9 nitrogen and oxygen atoms in total. The molecule has 3 rings (SSSR count). The fraction of sp³-hybridized carbons (Fsp3) is 0.474. The topological polar surface area (TPSA) is 96.7 Å². The highest BCUT2D eigenvalue weighted by atomic mass is 127. The van der Waals surface area contributed by atoms with Gasteiger partial charge in [0.1, 0.15) is 5.60 Å². The summed E-state index contributed by atoms with van der Waals surface area (Å²) in [5.74, 6) is 1.45. The number of halogens is 1. The van der Waals surface area contributed by atoms with Crippen LogP contribution in [0.4, 0.5) is 4.79 Å². The highest BCUT2D eigenvalue weighted by Gasteiger charge is 2.34. The van der Waals surface area contributed by atoms with Gasteiger partial charge in [0.05, 0.1) is 6.04 Å². The molecule has 2 aromatic rings. The maximum atomic E-state index is 12.0. The molecule has 1 aliphatic rings. The number of pyridine rings is 1. The summed E-state index contributed by atoms with van der Waals surface area (Å²) in [6.07, 6.45) is 5.05. The first-order valence-corrected chi connectivity index (χ1v) is 9.24. The van der Waals surface area contributed by atoms with Gasteiger partial charge in [0.25, 0.3) is 0 Å². The molecule has 158 valence electrons. The number of rotatable bonds is 4. The molecule has 1 amide bonds. The van der Waals surface area contributed by atoms with Crippen molar-refractivity contribution in [3.63, 3.8) is 0 Å². The van der Waals surface area contributed by atoms with Crippen LogP contribution in [0.3, 0.4) is 0 Å². The van der Waals surface area contributed by atoms with Gasteiger partial charge < -0.3 is 20.3 Å². The van der Waals surface area contributed by atoms with Crippen LogP contribution in [0, 0.1) is 0 Å². The predicted octanol–water partition coefficient (Wildman–Crippen LogP) is 2.17. The van der Waals surface area contributed by atoms with Gasteiger partial charge in [-0.1, -0.05) is 0 Å². The van der Waals surface area contributed by atoms with E-state index in [9.17, 15) is 4.79 Å². The average Bonchev–Trinajstić information content (AvgIpc) is 3.13. The largest absolute Gasteiger partial charge is 0.444 e. The first kappa shape index (κ1) is 22.9. The second kappa shape index (κ2) is 9.90. The van der Waals surface area contributed by atoms with E-state index in [0.29, 0.717) is 25.6 Å². The Morgan fingerprint density at radius 1 is 1.34 bits per heavy atom. The molecule has 0 unspecified atom stereocenters. The monoisotopic (exact) mass is 513 g/mol. The molecule has 0 radical (unpaired) electrons. The summed E-state index contributed by atoms with van der Waals surface area (Å²) in [6, 6.07) is 5.93. The molecular weight excluding hydrogens is 485 g/mol. The third-order valence-corrected chi connectivity index (χ3v) is 4.11. The minimum atomic E-state index is -0.479. The van der Waals surface area contributed by atoms with Crippen molar-refractivity contribution in [1.29, 1.82) is 0 Å². The number of aromatic nitrogens is 3. The predicted molar refractivity (Wildman–Crippen MR) is 122 cm³/mol. The lowest BCUT2D eigenvalue weighted by Crippen LogP contribution is -2.63. The first-order valence-electron chi connectivity index (χ1n) is 9.24.